The molecule has 0 aliphatic carbocycles. The number of aromatic nitrogens is 1. The number of nitrogens with zero attached hydrogens (tertiary/aromatic N) is 1. The average molecular weight is 477 g/mol. The zero-order valence-corrected chi connectivity index (χ0v) is 17.6. The van der Waals surface area contributed by atoms with Gasteiger partial charge < -0.3 is 19.7 Å². The highest BCUT2D eigenvalue weighted by Gasteiger charge is 2.40. The van der Waals surface area contributed by atoms with Crippen LogP contribution in [0.1, 0.15) is 23.0 Å². The van der Waals surface area contributed by atoms with Gasteiger partial charge in [0.2, 0.25) is 10.0 Å². The lowest BCUT2D eigenvalue weighted by molar-refractivity contribution is -0.139. The summed E-state index contributed by atoms with van der Waals surface area (Å²) in [6.45, 7) is 4.39. The van der Waals surface area contributed by atoms with Gasteiger partial charge in [-0.2, -0.15) is 13.2 Å². The summed E-state index contributed by atoms with van der Waals surface area (Å²) in [5, 5.41) is 12.5. The molecule has 0 spiro atoms. The van der Waals surface area contributed by atoms with Gasteiger partial charge in [0.25, 0.3) is 5.91 Å². The molecule has 8 nitrogen and oxygen atoms in total. The highest BCUT2D eigenvalue weighted by molar-refractivity contribution is 7.89. The maximum Gasteiger partial charge on any atom is 0.419 e. The summed E-state index contributed by atoms with van der Waals surface area (Å²) >= 11 is 0. The van der Waals surface area contributed by atoms with Crippen molar-refractivity contribution in [3.8, 4) is 5.75 Å². The Hall–Kier alpha value is -2.90. The van der Waals surface area contributed by atoms with Crippen LogP contribution in [0.15, 0.2) is 41.9 Å². The number of aliphatic hydroxyl groups is 1. The number of nitrogens with one attached hydrogen (secondary N) is 2. The van der Waals surface area contributed by atoms with Crippen LogP contribution < -0.4 is 14.8 Å². The van der Waals surface area contributed by atoms with E-state index in [0.29, 0.717) is 12.1 Å². The molecule has 2 atom stereocenters. The molecule has 3 rings (SSSR count). The van der Waals surface area contributed by atoms with Crippen LogP contribution in [0.2, 0.25) is 0 Å². The van der Waals surface area contributed by atoms with Gasteiger partial charge in [0.05, 0.1) is 17.2 Å². The smallest absolute Gasteiger partial charge is 0.419 e. The number of anilines is 1. The standard InChI is InChI=1S/C19H19F4N3O5S/c1-4-18(2,28)14-9-31-16-13(32(29,30)25-14)8-26(3)15(16)17(27)24-10-5-6-12(20)11(7-10)19(21,22)23/h4-8,14,25,28H,1,9H2,2-3H3,(H,24,27)/t14-,18?/m0/s1. The van der Waals surface area contributed by atoms with E-state index in [4.69, 9.17) is 4.74 Å². The Kier molecular flexibility index (Phi) is 5.87. The summed E-state index contributed by atoms with van der Waals surface area (Å²) in [5.74, 6) is -2.85. The molecule has 13 heteroatoms. The highest BCUT2D eigenvalue weighted by atomic mass is 32.2. The average Bonchev–Trinajstić information content (AvgIpc) is 2.96. The van der Waals surface area contributed by atoms with Gasteiger partial charge in [0, 0.05) is 18.9 Å². The summed E-state index contributed by atoms with van der Waals surface area (Å²) in [6, 6.07) is 0.771. The summed E-state index contributed by atoms with van der Waals surface area (Å²) in [4.78, 5) is 12.4. The van der Waals surface area contributed by atoms with E-state index in [0.717, 1.165) is 22.9 Å². The number of carbonyl (C=O) groups excluding carboxylic acids is 1. The molecule has 1 amide bonds. The SMILES string of the molecule is C=CC(C)(O)[C@@H]1COc2c(cn(C)c2C(=O)Nc2ccc(F)c(C(F)(F)F)c2)S(=O)(=O)N1. The molecule has 1 unspecified atom stereocenters. The molecule has 174 valence electrons. The molecule has 0 saturated heterocycles. The van der Waals surface area contributed by atoms with Crippen LogP contribution in [0.4, 0.5) is 23.2 Å². The Balaban J connectivity index is 1.98. The van der Waals surface area contributed by atoms with Gasteiger partial charge in [-0.1, -0.05) is 6.08 Å². The number of amides is 1. The molecule has 0 radical (unpaired) electrons. The molecule has 1 aromatic carbocycles. The molecule has 32 heavy (non-hydrogen) atoms. The zero-order chi connectivity index (χ0) is 24.1. The minimum atomic E-state index is -4.98. The van der Waals surface area contributed by atoms with Crippen molar-refractivity contribution in [3.05, 3.63) is 54.1 Å². The number of carbonyl (C=O) groups is 1. The zero-order valence-electron chi connectivity index (χ0n) is 16.8. The Bertz CT molecular complexity index is 1190. The second-order valence-electron chi connectivity index (χ2n) is 7.34. The molecule has 0 saturated carbocycles. The molecule has 0 fully saturated rings. The fourth-order valence-electron chi connectivity index (χ4n) is 3.06. The first-order chi connectivity index (χ1) is 14.7. The number of sulfonamides is 1. The summed E-state index contributed by atoms with van der Waals surface area (Å²) in [6.07, 6.45) is -2.77. The lowest BCUT2D eigenvalue weighted by Gasteiger charge is -2.28. The molecule has 0 bridgehead atoms. The van der Waals surface area contributed by atoms with Crippen molar-refractivity contribution >= 4 is 21.6 Å². The number of hydrogen-bond donors (Lipinski definition) is 3. The van der Waals surface area contributed by atoms with E-state index in [1.807, 2.05) is 0 Å². The second-order valence-corrected chi connectivity index (χ2v) is 9.03. The van der Waals surface area contributed by atoms with Crippen molar-refractivity contribution in [2.75, 3.05) is 11.9 Å². The molecule has 2 aromatic rings. The first-order valence-corrected chi connectivity index (χ1v) is 10.5. The van der Waals surface area contributed by atoms with Crippen LogP contribution >= 0.6 is 0 Å². The van der Waals surface area contributed by atoms with Gasteiger partial charge in [-0.3, -0.25) is 4.79 Å². The van der Waals surface area contributed by atoms with Crippen LogP contribution in [0.25, 0.3) is 0 Å². The number of hydrogen-bond acceptors (Lipinski definition) is 5. The van der Waals surface area contributed by atoms with Crippen LogP contribution in [0.3, 0.4) is 0 Å². The highest BCUT2D eigenvalue weighted by Crippen LogP contribution is 2.35. The minimum Gasteiger partial charge on any atom is -0.488 e. The lowest BCUT2D eigenvalue weighted by Crippen LogP contribution is -2.51. The summed E-state index contributed by atoms with van der Waals surface area (Å²) in [7, 11) is -2.90. The number of rotatable bonds is 4. The number of ether oxygens (including phenoxy) is 1. The minimum absolute atomic E-state index is 0.304. The third-order valence-electron chi connectivity index (χ3n) is 4.95. The van der Waals surface area contributed by atoms with Gasteiger partial charge in [0.1, 0.15) is 17.3 Å². The second kappa shape index (κ2) is 7.90. The van der Waals surface area contributed by atoms with Crippen molar-refractivity contribution in [1.29, 1.82) is 0 Å². The van der Waals surface area contributed by atoms with E-state index in [9.17, 15) is 35.9 Å². The number of aryl methyl sites for hydroxylation is 1. The maximum absolute atomic E-state index is 13.5. The van der Waals surface area contributed by atoms with Gasteiger partial charge >= 0.3 is 6.18 Å². The Morgan fingerprint density at radius 3 is 2.66 bits per heavy atom. The number of fused-ring (bicyclic) bond motifs is 1. The van der Waals surface area contributed by atoms with Gasteiger partial charge in [-0.05, 0) is 25.1 Å². The first kappa shape index (κ1) is 23.8. The maximum atomic E-state index is 13.5. The Morgan fingerprint density at radius 1 is 1.41 bits per heavy atom. The summed E-state index contributed by atoms with van der Waals surface area (Å²) < 4.78 is 86.8. The number of benzene rings is 1. The van der Waals surface area contributed by atoms with E-state index in [2.05, 4.69) is 16.6 Å². The number of alkyl halides is 3. The van der Waals surface area contributed by atoms with Gasteiger partial charge in [-0.15, -0.1) is 6.58 Å². The Morgan fingerprint density at radius 2 is 2.06 bits per heavy atom. The van der Waals surface area contributed by atoms with Crippen LogP contribution in [0, 0.1) is 5.82 Å². The number of halogens is 4. The third kappa shape index (κ3) is 4.36. The van der Waals surface area contributed by atoms with Crippen molar-refractivity contribution in [1.82, 2.24) is 9.29 Å². The molecule has 1 aromatic heterocycles. The topological polar surface area (TPSA) is 110 Å². The molecule has 1 aliphatic rings. The lowest BCUT2D eigenvalue weighted by atomic mass is 9.98. The van der Waals surface area contributed by atoms with Crippen LogP contribution in [0.5, 0.6) is 5.75 Å². The largest absolute Gasteiger partial charge is 0.488 e. The van der Waals surface area contributed by atoms with E-state index < -0.39 is 50.0 Å². The van der Waals surface area contributed by atoms with Crippen molar-refractivity contribution in [3.63, 3.8) is 0 Å². The fraction of sp³-hybridized carbons (Fsp3) is 0.316. The normalized spacial score (nSPS) is 19.8. The van der Waals surface area contributed by atoms with Crippen molar-refractivity contribution in [2.24, 2.45) is 7.05 Å². The molecule has 3 N–H and O–H groups in total. The van der Waals surface area contributed by atoms with Crippen LogP contribution in [-0.4, -0.2) is 42.2 Å². The monoisotopic (exact) mass is 477 g/mol. The first-order valence-electron chi connectivity index (χ1n) is 9.06. The quantitative estimate of drug-likeness (QED) is 0.463. The molecular formula is C19H19F4N3O5S. The van der Waals surface area contributed by atoms with E-state index >= 15 is 0 Å². The molecular weight excluding hydrogens is 458 g/mol. The predicted molar refractivity (Wildman–Crippen MR) is 105 cm³/mol. The Labute approximate surface area is 180 Å². The van der Waals surface area contributed by atoms with Gasteiger partial charge in [0.15, 0.2) is 11.4 Å². The van der Waals surface area contributed by atoms with Gasteiger partial charge in [-0.25, -0.2) is 17.5 Å². The van der Waals surface area contributed by atoms with Crippen molar-refractivity contribution in [2.45, 2.75) is 29.6 Å². The predicted octanol–water partition coefficient (Wildman–Crippen LogP) is 2.41. The van der Waals surface area contributed by atoms with Crippen molar-refractivity contribution < 1.29 is 40.6 Å². The summed E-state index contributed by atoms with van der Waals surface area (Å²) in [5.41, 5.74) is -3.91. The fourth-order valence-corrected chi connectivity index (χ4v) is 4.57. The van der Waals surface area contributed by atoms with E-state index in [1.165, 1.54) is 14.0 Å². The molecule has 2 heterocycles. The van der Waals surface area contributed by atoms with E-state index in [1.54, 1.807) is 0 Å². The third-order valence-corrected chi connectivity index (χ3v) is 6.41. The molecule has 1 aliphatic heterocycles. The van der Waals surface area contributed by atoms with Crippen LogP contribution in [-0.2, 0) is 23.2 Å². The van der Waals surface area contributed by atoms with E-state index in [-0.39, 0.29) is 23.7 Å².